The topological polar surface area (TPSA) is 85.3 Å². The van der Waals surface area contributed by atoms with E-state index < -0.39 is 0 Å². The van der Waals surface area contributed by atoms with E-state index in [4.69, 9.17) is 10.2 Å². The van der Waals surface area contributed by atoms with Crippen LogP contribution >= 0.6 is 0 Å². The molecule has 3 N–H and O–H groups in total. The highest BCUT2D eigenvalue weighted by atomic mass is 16.3. The Morgan fingerprint density at radius 1 is 1.33 bits per heavy atom. The van der Waals surface area contributed by atoms with Crippen LogP contribution in [0.5, 0.6) is 0 Å². The number of anilines is 1. The maximum atomic E-state index is 11.8. The SMILES string of the molecule is Nc1cccc2occ(C3CCC(=O)NC3=O)c12. The third-order valence-electron chi connectivity index (χ3n) is 3.27. The second kappa shape index (κ2) is 3.87. The molecule has 1 aliphatic rings. The zero-order valence-corrected chi connectivity index (χ0v) is 9.60. The quantitative estimate of drug-likeness (QED) is 0.588. The summed E-state index contributed by atoms with van der Waals surface area (Å²) >= 11 is 0. The maximum Gasteiger partial charge on any atom is 0.234 e. The first-order chi connectivity index (χ1) is 8.66. The van der Waals surface area contributed by atoms with Crippen LogP contribution in [0.3, 0.4) is 0 Å². The van der Waals surface area contributed by atoms with Crippen molar-refractivity contribution in [2.75, 3.05) is 5.73 Å². The first kappa shape index (κ1) is 10.8. The van der Waals surface area contributed by atoms with Crippen molar-refractivity contribution in [3.05, 3.63) is 30.0 Å². The molecule has 0 radical (unpaired) electrons. The molecule has 1 unspecified atom stereocenters. The van der Waals surface area contributed by atoms with E-state index >= 15 is 0 Å². The minimum Gasteiger partial charge on any atom is -0.464 e. The van der Waals surface area contributed by atoms with Crippen molar-refractivity contribution >= 4 is 28.5 Å². The summed E-state index contributed by atoms with van der Waals surface area (Å²) in [5.74, 6) is -0.872. The molecular formula is C13H12N2O3. The molecule has 3 rings (SSSR count). The normalized spacial score (nSPS) is 20.1. The lowest BCUT2D eigenvalue weighted by Gasteiger charge is -2.20. The van der Waals surface area contributed by atoms with Crippen LogP contribution in [0.4, 0.5) is 5.69 Å². The van der Waals surface area contributed by atoms with Crippen LogP contribution in [-0.4, -0.2) is 11.8 Å². The second-order valence-corrected chi connectivity index (χ2v) is 4.42. The minimum absolute atomic E-state index is 0.225. The molecule has 2 heterocycles. The number of hydrogen-bond acceptors (Lipinski definition) is 4. The lowest BCUT2D eigenvalue weighted by atomic mass is 9.90. The van der Waals surface area contributed by atoms with Gasteiger partial charge in [-0.2, -0.15) is 0 Å². The molecule has 0 saturated carbocycles. The van der Waals surface area contributed by atoms with Crippen LogP contribution in [0.2, 0.25) is 0 Å². The molecule has 1 saturated heterocycles. The number of fused-ring (bicyclic) bond motifs is 1. The Hall–Kier alpha value is -2.30. The van der Waals surface area contributed by atoms with E-state index in [1.807, 2.05) is 0 Å². The summed E-state index contributed by atoms with van der Waals surface area (Å²) in [4.78, 5) is 23.0. The molecule has 92 valence electrons. The minimum atomic E-state index is -0.367. The summed E-state index contributed by atoms with van der Waals surface area (Å²) in [7, 11) is 0. The average molecular weight is 244 g/mol. The standard InChI is InChI=1S/C13H12N2O3/c14-9-2-1-3-10-12(9)8(6-18-10)7-4-5-11(16)15-13(7)17/h1-3,6-7H,4-5,14H2,(H,15,16,17). The van der Waals surface area contributed by atoms with Crippen molar-refractivity contribution in [3.8, 4) is 0 Å². The van der Waals surface area contributed by atoms with Gasteiger partial charge in [0.25, 0.3) is 0 Å². The van der Waals surface area contributed by atoms with Crippen LogP contribution in [0.25, 0.3) is 11.0 Å². The Bertz CT molecular complexity index is 645. The fourth-order valence-electron chi connectivity index (χ4n) is 2.39. The lowest BCUT2D eigenvalue weighted by Crippen LogP contribution is -2.39. The van der Waals surface area contributed by atoms with Crippen molar-refractivity contribution in [2.45, 2.75) is 18.8 Å². The second-order valence-electron chi connectivity index (χ2n) is 4.42. The fraction of sp³-hybridized carbons (Fsp3) is 0.231. The predicted octanol–water partition coefficient (Wildman–Crippen LogP) is 1.54. The number of hydrogen-bond donors (Lipinski definition) is 2. The van der Waals surface area contributed by atoms with Crippen molar-refractivity contribution in [1.82, 2.24) is 5.32 Å². The molecule has 18 heavy (non-hydrogen) atoms. The highest BCUT2D eigenvalue weighted by Gasteiger charge is 2.30. The molecule has 0 spiro atoms. The van der Waals surface area contributed by atoms with Gasteiger partial charge in [-0.05, 0) is 18.6 Å². The van der Waals surface area contributed by atoms with Gasteiger partial charge in [0.05, 0.1) is 12.2 Å². The molecule has 1 atom stereocenters. The molecule has 1 aromatic heterocycles. The van der Waals surface area contributed by atoms with E-state index in [0.717, 1.165) is 10.9 Å². The zero-order valence-electron chi connectivity index (χ0n) is 9.60. The number of piperidine rings is 1. The van der Waals surface area contributed by atoms with Gasteiger partial charge in [0.1, 0.15) is 5.58 Å². The summed E-state index contributed by atoms with van der Waals surface area (Å²) < 4.78 is 5.41. The summed E-state index contributed by atoms with van der Waals surface area (Å²) in [5, 5.41) is 3.11. The van der Waals surface area contributed by atoms with Crippen LogP contribution in [0, 0.1) is 0 Å². The van der Waals surface area contributed by atoms with Gasteiger partial charge in [-0.3, -0.25) is 14.9 Å². The van der Waals surface area contributed by atoms with E-state index in [9.17, 15) is 9.59 Å². The Kier molecular flexibility index (Phi) is 2.33. The lowest BCUT2D eigenvalue weighted by molar-refractivity contribution is -0.134. The number of nitrogens with one attached hydrogen (secondary N) is 1. The third kappa shape index (κ3) is 1.55. The van der Waals surface area contributed by atoms with Gasteiger partial charge in [0, 0.05) is 23.1 Å². The van der Waals surface area contributed by atoms with Crippen molar-refractivity contribution in [3.63, 3.8) is 0 Å². The fourth-order valence-corrected chi connectivity index (χ4v) is 2.39. The first-order valence-electron chi connectivity index (χ1n) is 5.76. The monoisotopic (exact) mass is 244 g/mol. The van der Waals surface area contributed by atoms with Crippen LogP contribution in [0.15, 0.2) is 28.9 Å². The highest BCUT2D eigenvalue weighted by Crippen LogP contribution is 2.35. The molecule has 2 amide bonds. The van der Waals surface area contributed by atoms with Gasteiger partial charge in [-0.1, -0.05) is 6.07 Å². The molecule has 0 aliphatic carbocycles. The van der Waals surface area contributed by atoms with E-state index in [1.165, 1.54) is 0 Å². The molecule has 2 aromatic rings. The van der Waals surface area contributed by atoms with E-state index in [-0.39, 0.29) is 17.7 Å². The number of nitrogen functional groups attached to an aromatic ring is 1. The van der Waals surface area contributed by atoms with Gasteiger partial charge in [0.15, 0.2) is 0 Å². The van der Waals surface area contributed by atoms with E-state index in [1.54, 1.807) is 24.5 Å². The zero-order chi connectivity index (χ0) is 12.7. The van der Waals surface area contributed by atoms with Crippen LogP contribution in [-0.2, 0) is 9.59 Å². The van der Waals surface area contributed by atoms with Gasteiger partial charge >= 0.3 is 0 Å². The molecule has 0 bridgehead atoms. The van der Waals surface area contributed by atoms with Gasteiger partial charge in [-0.25, -0.2) is 0 Å². The number of nitrogens with two attached hydrogens (primary N) is 1. The average Bonchev–Trinajstić information content (AvgIpc) is 2.74. The molecular weight excluding hydrogens is 232 g/mol. The summed E-state index contributed by atoms with van der Waals surface area (Å²) in [5.41, 5.74) is 7.93. The number of furan rings is 1. The number of carbonyl (C=O) groups excluding carboxylic acids is 2. The number of carbonyl (C=O) groups is 2. The number of amides is 2. The van der Waals surface area contributed by atoms with Crippen molar-refractivity contribution in [1.29, 1.82) is 0 Å². The Labute approximate surface area is 103 Å². The van der Waals surface area contributed by atoms with Crippen molar-refractivity contribution < 1.29 is 14.0 Å². The van der Waals surface area contributed by atoms with Gasteiger partial charge in [0.2, 0.25) is 11.8 Å². The maximum absolute atomic E-state index is 11.8. The van der Waals surface area contributed by atoms with Crippen molar-refractivity contribution in [2.24, 2.45) is 0 Å². The molecule has 1 aliphatic heterocycles. The Balaban J connectivity index is 2.09. The molecule has 5 heteroatoms. The Morgan fingerprint density at radius 3 is 2.94 bits per heavy atom. The number of rotatable bonds is 1. The molecule has 1 aromatic carbocycles. The predicted molar refractivity (Wildman–Crippen MR) is 65.8 cm³/mol. The number of imide groups is 1. The third-order valence-corrected chi connectivity index (χ3v) is 3.27. The van der Waals surface area contributed by atoms with Gasteiger partial charge < -0.3 is 10.2 Å². The smallest absolute Gasteiger partial charge is 0.234 e. The summed E-state index contributed by atoms with van der Waals surface area (Å²) in [6.07, 6.45) is 2.39. The molecule has 5 nitrogen and oxygen atoms in total. The first-order valence-corrected chi connectivity index (χ1v) is 5.76. The Morgan fingerprint density at radius 2 is 2.17 bits per heavy atom. The van der Waals surface area contributed by atoms with E-state index in [2.05, 4.69) is 5.32 Å². The number of benzene rings is 1. The largest absolute Gasteiger partial charge is 0.464 e. The highest BCUT2D eigenvalue weighted by molar-refractivity contribution is 6.04. The molecule has 1 fully saturated rings. The van der Waals surface area contributed by atoms with Gasteiger partial charge in [-0.15, -0.1) is 0 Å². The van der Waals surface area contributed by atoms with Crippen LogP contribution < -0.4 is 11.1 Å². The van der Waals surface area contributed by atoms with E-state index in [0.29, 0.717) is 24.1 Å². The van der Waals surface area contributed by atoms with Crippen LogP contribution in [0.1, 0.15) is 24.3 Å². The summed E-state index contributed by atoms with van der Waals surface area (Å²) in [6.45, 7) is 0. The summed E-state index contributed by atoms with van der Waals surface area (Å²) in [6, 6.07) is 5.38.